The lowest BCUT2D eigenvalue weighted by Crippen LogP contribution is -2.37. The topological polar surface area (TPSA) is 97.4 Å². The van der Waals surface area contributed by atoms with E-state index >= 15 is 0 Å². The number of hydrogen-bond acceptors (Lipinski definition) is 7. The third-order valence-electron chi connectivity index (χ3n) is 5.89. The summed E-state index contributed by atoms with van der Waals surface area (Å²) in [5, 5.41) is 2.93. The second-order valence-corrected chi connectivity index (χ2v) is 10.7. The van der Waals surface area contributed by atoms with Crippen molar-refractivity contribution >= 4 is 27.3 Å². The fraction of sp³-hybridized carbons (Fsp3) is 0.458. The molecule has 1 atom stereocenters. The van der Waals surface area contributed by atoms with Gasteiger partial charge in [-0.3, -0.25) is 4.79 Å². The van der Waals surface area contributed by atoms with Gasteiger partial charge in [0.15, 0.2) is 0 Å². The molecule has 1 saturated heterocycles. The second kappa shape index (κ2) is 9.81. The number of amides is 1. The van der Waals surface area contributed by atoms with Crippen LogP contribution in [-0.4, -0.2) is 71.7 Å². The van der Waals surface area contributed by atoms with Crippen LogP contribution in [0.1, 0.15) is 29.8 Å². The number of nitrogens with one attached hydrogen (secondary N) is 1. The molecule has 2 heterocycles. The monoisotopic (exact) mass is 489 g/mol. The Kier molecular flexibility index (Phi) is 7.01. The minimum atomic E-state index is -3.72. The molecule has 1 N–H and O–H groups in total. The van der Waals surface area contributed by atoms with Crippen LogP contribution < -0.4 is 19.7 Å². The number of carbonyl (C=O) groups is 1. The molecule has 184 valence electrons. The Labute approximate surface area is 200 Å². The standard InChI is InChI=1S/C24H31N3O6S/c1-5-32-23-13-17-12-16(2)33-22(17)15-20(23)25-24(28)19-14-18(34(29,30)26(3)4)6-7-21(19)27-8-10-31-11-9-27/h6-7,13-16H,5,8-12H2,1-4H3,(H,25,28)/t16-/m1/s1. The second-order valence-electron chi connectivity index (χ2n) is 8.54. The van der Waals surface area contributed by atoms with Crippen LogP contribution in [0.2, 0.25) is 0 Å². The molecule has 2 aliphatic rings. The number of rotatable bonds is 7. The molecular weight excluding hydrogens is 458 g/mol. The van der Waals surface area contributed by atoms with Crippen molar-refractivity contribution in [2.45, 2.75) is 31.3 Å². The van der Waals surface area contributed by atoms with Gasteiger partial charge in [0, 0.05) is 50.9 Å². The maximum Gasteiger partial charge on any atom is 0.257 e. The summed E-state index contributed by atoms with van der Waals surface area (Å²) in [5.41, 5.74) is 2.43. The fourth-order valence-electron chi connectivity index (χ4n) is 4.15. The first-order valence-electron chi connectivity index (χ1n) is 11.4. The van der Waals surface area contributed by atoms with Gasteiger partial charge < -0.3 is 24.4 Å². The molecule has 4 rings (SSSR count). The SMILES string of the molecule is CCOc1cc2c(cc1NC(=O)c1cc(S(=O)(=O)N(C)C)ccc1N1CCOCC1)O[C@H](C)C2. The number of hydrogen-bond donors (Lipinski definition) is 1. The van der Waals surface area contributed by atoms with E-state index in [1.807, 2.05) is 24.8 Å². The molecule has 0 bridgehead atoms. The molecule has 34 heavy (non-hydrogen) atoms. The normalized spacial score (nSPS) is 17.9. The van der Waals surface area contributed by atoms with E-state index in [-0.39, 0.29) is 16.6 Å². The Morgan fingerprint density at radius 2 is 1.94 bits per heavy atom. The Bertz CT molecular complexity index is 1180. The zero-order valence-corrected chi connectivity index (χ0v) is 20.8. The van der Waals surface area contributed by atoms with Gasteiger partial charge >= 0.3 is 0 Å². The summed E-state index contributed by atoms with van der Waals surface area (Å²) >= 11 is 0. The van der Waals surface area contributed by atoms with Gasteiger partial charge in [-0.15, -0.1) is 0 Å². The van der Waals surface area contributed by atoms with E-state index in [1.54, 1.807) is 12.1 Å². The van der Waals surface area contributed by atoms with E-state index in [4.69, 9.17) is 14.2 Å². The van der Waals surface area contributed by atoms with Crippen LogP contribution in [0.4, 0.5) is 11.4 Å². The highest BCUT2D eigenvalue weighted by atomic mass is 32.2. The lowest BCUT2D eigenvalue weighted by atomic mass is 10.1. The number of carbonyl (C=O) groups excluding carboxylic acids is 1. The maximum atomic E-state index is 13.6. The van der Waals surface area contributed by atoms with Gasteiger partial charge in [-0.25, -0.2) is 12.7 Å². The van der Waals surface area contributed by atoms with Crippen molar-refractivity contribution in [3.05, 3.63) is 41.5 Å². The van der Waals surface area contributed by atoms with Gasteiger partial charge in [-0.05, 0) is 38.1 Å². The first-order chi connectivity index (χ1) is 16.2. The van der Waals surface area contributed by atoms with Crippen LogP contribution in [0.15, 0.2) is 35.2 Å². The Balaban J connectivity index is 1.74. The molecule has 0 aromatic heterocycles. The van der Waals surface area contributed by atoms with E-state index in [9.17, 15) is 13.2 Å². The highest BCUT2D eigenvalue weighted by Gasteiger charge is 2.26. The molecule has 2 aromatic rings. The number of sulfonamides is 1. The summed E-state index contributed by atoms with van der Waals surface area (Å²) in [7, 11) is -0.792. The Hall–Kier alpha value is -2.82. The molecule has 2 aliphatic heterocycles. The number of benzene rings is 2. The van der Waals surface area contributed by atoms with E-state index in [0.29, 0.717) is 55.8 Å². The van der Waals surface area contributed by atoms with Gasteiger partial charge in [0.25, 0.3) is 5.91 Å². The van der Waals surface area contributed by atoms with E-state index in [0.717, 1.165) is 16.3 Å². The van der Waals surface area contributed by atoms with Crippen molar-refractivity contribution < 1.29 is 27.4 Å². The van der Waals surface area contributed by atoms with E-state index in [2.05, 4.69) is 5.32 Å². The minimum Gasteiger partial charge on any atom is -0.492 e. The number of fused-ring (bicyclic) bond motifs is 1. The largest absolute Gasteiger partial charge is 0.492 e. The fourth-order valence-corrected chi connectivity index (χ4v) is 5.08. The molecule has 0 radical (unpaired) electrons. The quantitative estimate of drug-likeness (QED) is 0.639. The van der Waals surface area contributed by atoms with Gasteiger partial charge in [-0.2, -0.15) is 0 Å². The van der Waals surface area contributed by atoms with Crippen LogP contribution in [-0.2, 0) is 21.2 Å². The molecule has 9 nitrogen and oxygen atoms in total. The van der Waals surface area contributed by atoms with Crippen molar-refractivity contribution in [2.75, 3.05) is 57.2 Å². The van der Waals surface area contributed by atoms with Gasteiger partial charge in [0.2, 0.25) is 10.0 Å². The molecule has 0 unspecified atom stereocenters. The third kappa shape index (κ3) is 4.84. The van der Waals surface area contributed by atoms with Crippen molar-refractivity contribution in [3.63, 3.8) is 0 Å². The van der Waals surface area contributed by atoms with Crippen LogP contribution in [0, 0.1) is 0 Å². The predicted octanol–water partition coefficient (Wildman–Crippen LogP) is 2.75. The summed E-state index contributed by atoms with van der Waals surface area (Å²) in [6.45, 7) is 6.59. The smallest absolute Gasteiger partial charge is 0.257 e. The Morgan fingerprint density at radius 3 is 2.62 bits per heavy atom. The van der Waals surface area contributed by atoms with Crippen molar-refractivity contribution in [1.29, 1.82) is 0 Å². The first-order valence-corrected chi connectivity index (χ1v) is 12.8. The molecule has 1 fully saturated rings. The summed E-state index contributed by atoms with van der Waals surface area (Å²) in [4.78, 5) is 15.7. The van der Waals surface area contributed by atoms with Gasteiger partial charge in [0.1, 0.15) is 17.6 Å². The number of anilines is 2. The van der Waals surface area contributed by atoms with Crippen LogP contribution in [0.25, 0.3) is 0 Å². The summed E-state index contributed by atoms with van der Waals surface area (Å²) in [5.74, 6) is 0.838. The van der Waals surface area contributed by atoms with E-state index in [1.165, 1.54) is 26.2 Å². The average molecular weight is 490 g/mol. The molecule has 10 heteroatoms. The number of morpholine rings is 1. The highest BCUT2D eigenvalue weighted by Crippen LogP contribution is 2.38. The molecule has 0 aliphatic carbocycles. The summed E-state index contributed by atoms with van der Waals surface area (Å²) in [6, 6.07) is 8.33. The average Bonchev–Trinajstić information content (AvgIpc) is 3.18. The first kappa shape index (κ1) is 24.3. The predicted molar refractivity (Wildman–Crippen MR) is 130 cm³/mol. The number of nitrogens with zero attached hydrogens (tertiary/aromatic N) is 2. The van der Waals surface area contributed by atoms with Gasteiger partial charge in [-0.1, -0.05) is 0 Å². The summed E-state index contributed by atoms with van der Waals surface area (Å²) < 4.78 is 43.8. The maximum absolute atomic E-state index is 13.6. The lowest BCUT2D eigenvalue weighted by molar-refractivity contribution is 0.102. The molecule has 0 spiro atoms. The number of ether oxygens (including phenoxy) is 3. The van der Waals surface area contributed by atoms with Crippen LogP contribution >= 0.6 is 0 Å². The van der Waals surface area contributed by atoms with E-state index < -0.39 is 15.9 Å². The molecule has 1 amide bonds. The summed E-state index contributed by atoms with van der Waals surface area (Å²) in [6.07, 6.45) is 0.825. The van der Waals surface area contributed by atoms with Crippen LogP contribution in [0.5, 0.6) is 11.5 Å². The van der Waals surface area contributed by atoms with Crippen molar-refractivity contribution in [2.24, 2.45) is 0 Å². The van der Waals surface area contributed by atoms with Crippen molar-refractivity contribution in [3.8, 4) is 11.5 Å². The molecular formula is C24H31N3O6S. The molecule has 2 aromatic carbocycles. The van der Waals surface area contributed by atoms with Gasteiger partial charge in [0.05, 0.1) is 36.0 Å². The van der Waals surface area contributed by atoms with Crippen LogP contribution in [0.3, 0.4) is 0 Å². The van der Waals surface area contributed by atoms with Crippen molar-refractivity contribution in [1.82, 2.24) is 4.31 Å². The Morgan fingerprint density at radius 1 is 1.21 bits per heavy atom. The minimum absolute atomic E-state index is 0.0517. The molecule has 0 saturated carbocycles. The highest BCUT2D eigenvalue weighted by molar-refractivity contribution is 7.89. The zero-order chi connectivity index (χ0) is 24.5. The lowest BCUT2D eigenvalue weighted by Gasteiger charge is -2.30. The third-order valence-corrected chi connectivity index (χ3v) is 7.70. The zero-order valence-electron chi connectivity index (χ0n) is 20.0.